The van der Waals surface area contributed by atoms with Crippen LogP contribution < -0.4 is 10.0 Å². The Hall–Kier alpha value is -5.36. The molecule has 0 saturated heterocycles. The van der Waals surface area contributed by atoms with Crippen LogP contribution in [0.4, 0.5) is 10.1 Å². The molecule has 0 aliphatic rings. The number of benzene rings is 3. The molecule has 0 radical (unpaired) electrons. The van der Waals surface area contributed by atoms with E-state index in [9.17, 15) is 22.4 Å². The van der Waals surface area contributed by atoms with Gasteiger partial charge in [0.1, 0.15) is 23.4 Å². The smallest absolute Gasteiger partial charge is 0.252 e. The Balaban J connectivity index is 1.57. The van der Waals surface area contributed by atoms with Gasteiger partial charge in [0.05, 0.1) is 17.5 Å². The molecular formula is C32H25FN4O6S. The van der Waals surface area contributed by atoms with E-state index >= 15 is 0 Å². The highest BCUT2D eigenvalue weighted by molar-refractivity contribution is 7.92. The van der Waals surface area contributed by atoms with E-state index in [0.717, 1.165) is 10.6 Å². The first-order chi connectivity index (χ1) is 21.1. The summed E-state index contributed by atoms with van der Waals surface area (Å²) >= 11 is 0. The molecule has 6 rings (SSSR count). The number of furan rings is 1. The largest absolute Gasteiger partial charge is 0.460 e. The molecule has 0 fully saturated rings. The molecule has 0 aliphatic heterocycles. The van der Waals surface area contributed by atoms with Crippen LogP contribution in [0.5, 0.6) is 0 Å². The lowest BCUT2D eigenvalue weighted by Gasteiger charge is -2.24. The summed E-state index contributed by atoms with van der Waals surface area (Å²) in [6.45, 7) is -0.122. The number of hydrogen-bond donors (Lipinski definition) is 1. The van der Waals surface area contributed by atoms with E-state index in [0.29, 0.717) is 51.0 Å². The molecule has 44 heavy (non-hydrogen) atoms. The summed E-state index contributed by atoms with van der Waals surface area (Å²) in [7, 11) is -3.87. The third-order valence-corrected chi connectivity index (χ3v) is 8.29. The number of nitrogens with two attached hydrogens (primary N) is 1. The minimum atomic E-state index is -3.87. The van der Waals surface area contributed by atoms with E-state index in [1.54, 1.807) is 60.8 Å². The monoisotopic (exact) mass is 612 g/mol. The fourth-order valence-corrected chi connectivity index (χ4v) is 6.10. The predicted octanol–water partition coefficient (Wildman–Crippen LogP) is 5.49. The van der Waals surface area contributed by atoms with Crippen molar-refractivity contribution in [2.24, 2.45) is 5.73 Å². The first kappa shape index (κ1) is 28.7. The second-order valence-corrected chi connectivity index (χ2v) is 12.1. The van der Waals surface area contributed by atoms with E-state index in [1.165, 1.54) is 18.2 Å². The van der Waals surface area contributed by atoms with Crippen molar-refractivity contribution in [1.29, 1.82) is 0 Å². The Labute approximate surface area is 251 Å². The number of carbonyl (C=O) groups is 2. The number of aldehydes is 1. The Morgan fingerprint density at radius 2 is 1.77 bits per heavy atom. The Morgan fingerprint density at radius 3 is 2.48 bits per heavy atom. The molecule has 6 aromatic rings. The topological polar surface area (TPSA) is 150 Å². The molecule has 222 valence electrons. The second kappa shape index (κ2) is 11.4. The van der Waals surface area contributed by atoms with E-state index in [-0.39, 0.29) is 42.0 Å². The predicted molar refractivity (Wildman–Crippen MR) is 163 cm³/mol. The molecule has 3 heterocycles. The Morgan fingerprint density at radius 1 is 1.00 bits per heavy atom. The molecule has 0 saturated carbocycles. The van der Waals surface area contributed by atoms with Gasteiger partial charge in [0.2, 0.25) is 15.9 Å². The number of fused-ring (bicyclic) bond motifs is 2. The third kappa shape index (κ3) is 5.54. The van der Waals surface area contributed by atoms with Crippen molar-refractivity contribution in [2.45, 2.75) is 12.8 Å². The van der Waals surface area contributed by atoms with Gasteiger partial charge in [0.25, 0.3) is 5.91 Å². The van der Waals surface area contributed by atoms with Gasteiger partial charge in [-0.25, -0.2) is 17.8 Å². The summed E-state index contributed by atoms with van der Waals surface area (Å²) in [5.74, 6) is -0.593. The minimum Gasteiger partial charge on any atom is -0.460 e. The maximum atomic E-state index is 13.5. The standard InChI is InChI=1S/C32H25FN4O6S/c1-44(40,41)37(13-4-14-38)25-18-27-24(29(30(34)39)28(42-27)15-19-8-10-22(33)11-9-19)17-23(25)20-5-2-6-21(16-20)32-36-31-26(43-32)7-3-12-35-31/h2-3,5-12,14,16-18H,4,13,15H2,1H3,(H2,34,39). The number of sulfonamides is 1. The molecular weight excluding hydrogens is 587 g/mol. The van der Waals surface area contributed by atoms with Gasteiger partial charge in [0.15, 0.2) is 11.2 Å². The Kier molecular flexibility index (Phi) is 7.43. The van der Waals surface area contributed by atoms with E-state index < -0.39 is 21.7 Å². The van der Waals surface area contributed by atoms with Crippen molar-refractivity contribution in [3.63, 3.8) is 0 Å². The lowest BCUT2D eigenvalue weighted by Crippen LogP contribution is -2.31. The van der Waals surface area contributed by atoms with Gasteiger partial charge in [-0.3, -0.25) is 9.10 Å². The van der Waals surface area contributed by atoms with Crippen molar-refractivity contribution in [2.75, 3.05) is 17.1 Å². The van der Waals surface area contributed by atoms with Crippen LogP contribution in [-0.2, 0) is 21.2 Å². The summed E-state index contributed by atoms with van der Waals surface area (Å²) in [6, 6.07) is 19.5. The highest BCUT2D eigenvalue weighted by Gasteiger charge is 2.26. The highest BCUT2D eigenvalue weighted by Crippen LogP contribution is 2.40. The van der Waals surface area contributed by atoms with Crippen LogP contribution in [0.15, 0.2) is 87.8 Å². The summed E-state index contributed by atoms with van der Waals surface area (Å²) in [5.41, 5.74) is 9.63. The average molecular weight is 613 g/mol. The van der Waals surface area contributed by atoms with Gasteiger partial charge < -0.3 is 19.4 Å². The SMILES string of the molecule is CS(=O)(=O)N(CCC=O)c1cc2oc(Cc3ccc(F)cc3)c(C(N)=O)c2cc1-c1cccc(-c2nc3ncccc3o2)c1. The molecule has 1 amide bonds. The van der Waals surface area contributed by atoms with Crippen LogP contribution in [0, 0.1) is 5.82 Å². The van der Waals surface area contributed by atoms with Gasteiger partial charge in [-0.15, -0.1) is 0 Å². The summed E-state index contributed by atoms with van der Waals surface area (Å²) in [5, 5.41) is 0.369. The number of pyridine rings is 1. The normalized spacial score (nSPS) is 11.7. The van der Waals surface area contributed by atoms with Crippen LogP contribution in [0.25, 0.3) is 44.8 Å². The number of aromatic nitrogens is 2. The van der Waals surface area contributed by atoms with Gasteiger partial charge in [0, 0.05) is 48.2 Å². The summed E-state index contributed by atoms with van der Waals surface area (Å²) < 4.78 is 52.7. The zero-order chi connectivity index (χ0) is 31.0. The fourth-order valence-electron chi connectivity index (χ4n) is 5.15. The number of carbonyl (C=O) groups excluding carboxylic acids is 2. The van der Waals surface area contributed by atoms with E-state index in [4.69, 9.17) is 14.6 Å². The molecule has 10 nitrogen and oxygen atoms in total. The Bertz CT molecular complexity index is 2120. The van der Waals surface area contributed by atoms with Crippen LogP contribution in [0.1, 0.15) is 28.1 Å². The molecule has 12 heteroatoms. The van der Waals surface area contributed by atoms with E-state index in [1.807, 2.05) is 0 Å². The highest BCUT2D eigenvalue weighted by atomic mass is 32.2. The number of nitrogens with zero attached hydrogens (tertiary/aromatic N) is 3. The minimum absolute atomic E-state index is 0.0546. The zero-order valence-corrected chi connectivity index (χ0v) is 24.2. The molecule has 0 unspecified atom stereocenters. The molecule has 3 aromatic heterocycles. The molecule has 0 aliphatic carbocycles. The van der Waals surface area contributed by atoms with Gasteiger partial charge in [-0.1, -0.05) is 24.3 Å². The maximum absolute atomic E-state index is 13.5. The lowest BCUT2D eigenvalue weighted by molar-refractivity contribution is -0.107. The quantitative estimate of drug-likeness (QED) is 0.200. The zero-order valence-electron chi connectivity index (χ0n) is 23.4. The second-order valence-electron chi connectivity index (χ2n) is 10.1. The first-order valence-corrected chi connectivity index (χ1v) is 15.3. The van der Waals surface area contributed by atoms with Crippen molar-refractivity contribution >= 4 is 50.1 Å². The van der Waals surface area contributed by atoms with Crippen molar-refractivity contribution in [3.05, 3.63) is 102 Å². The number of primary amides is 1. The third-order valence-electron chi connectivity index (χ3n) is 7.11. The van der Waals surface area contributed by atoms with E-state index in [2.05, 4.69) is 9.97 Å². The van der Waals surface area contributed by atoms with Gasteiger partial charge in [-0.05, 0) is 53.6 Å². The van der Waals surface area contributed by atoms with Crippen LogP contribution in [0.2, 0.25) is 0 Å². The van der Waals surface area contributed by atoms with Crippen molar-refractivity contribution < 1.29 is 31.2 Å². The van der Waals surface area contributed by atoms with Gasteiger partial charge >= 0.3 is 0 Å². The number of amides is 1. The molecule has 2 N–H and O–H groups in total. The molecule has 0 bridgehead atoms. The fraction of sp³-hybridized carbons (Fsp3) is 0.125. The molecule has 0 spiro atoms. The number of anilines is 1. The molecule has 0 atom stereocenters. The lowest BCUT2D eigenvalue weighted by atomic mass is 9.97. The number of hydrogen-bond acceptors (Lipinski definition) is 8. The van der Waals surface area contributed by atoms with Crippen LogP contribution in [-0.4, -0.2) is 43.4 Å². The summed E-state index contributed by atoms with van der Waals surface area (Å²) in [4.78, 5) is 32.7. The van der Waals surface area contributed by atoms with Crippen LogP contribution in [0.3, 0.4) is 0 Å². The number of rotatable bonds is 10. The molecule has 3 aromatic carbocycles. The summed E-state index contributed by atoms with van der Waals surface area (Å²) in [6.07, 6.45) is 3.37. The average Bonchev–Trinajstić information content (AvgIpc) is 3.58. The van der Waals surface area contributed by atoms with Gasteiger partial charge in [-0.2, -0.15) is 4.98 Å². The first-order valence-electron chi connectivity index (χ1n) is 13.5. The number of oxazole rings is 1. The number of halogens is 1. The van der Waals surface area contributed by atoms with Crippen molar-refractivity contribution in [3.8, 4) is 22.6 Å². The maximum Gasteiger partial charge on any atom is 0.252 e. The van der Waals surface area contributed by atoms with Crippen molar-refractivity contribution in [1.82, 2.24) is 9.97 Å². The van der Waals surface area contributed by atoms with Crippen LogP contribution >= 0.6 is 0 Å².